The fourth-order valence-corrected chi connectivity index (χ4v) is 2.02. The molecule has 2 N–H and O–H groups in total. The number of hydrogen-bond acceptors (Lipinski definition) is 5. The van der Waals surface area contributed by atoms with E-state index in [0.717, 1.165) is 28.4 Å². The van der Waals surface area contributed by atoms with Crippen LogP contribution >= 0.6 is 0 Å². The Morgan fingerprint density at radius 3 is 2.75 bits per heavy atom. The highest BCUT2D eigenvalue weighted by molar-refractivity contribution is 5.62. The summed E-state index contributed by atoms with van der Waals surface area (Å²) in [5.41, 5.74) is 3.64. The summed E-state index contributed by atoms with van der Waals surface area (Å²) in [6.07, 6.45) is 1.73. The predicted octanol–water partition coefficient (Wildman–Crippen LogP) is 1.50. The highest BCUT2D eigenvalue weighted by Crippen LogP contribution is 2.20. The number of anilines is 1. The summed E-state index contributed by atoms with van der Waals surface area (Å²) in [7, 11) is 0. The van der Waals surface area contributed by atoms with Gasteiger partial charge < -0.3 is 10.4 Å². The van der Waals surface area contributed by atoms with E-state index in [1.165, 1.54) is 0 Å². The third kappa shape index (κ3) is 2.33. The van der Waals surface area contributed by atoms with Crippen LogP contribution in [-0.2, 0) is 0 Å². The summed E-state index contributed by atoms with van der Waals surface area (Å²) in [6.45, 7) is 2.58. The van der Waals surface area contributed by atoms with Crippen molar-refractivity contribution in [2.75, 3.05) is 18.5 Å². The summed E-state index contributed by atoms with van der Waals surface area (Å²) < 4.78 is 1.86. The van der Waals surface area contributed by atoms with E-state index >= 15 is 0 Å². The number of rotatable bonds is 4. The van der Waals surface area contributed by atoms with Crippen molar-refractivity contribution in [2.24, 2.45) is 0 Å². The van der Waals surface area contributed by atoms with Gasteiger partial charge in [0.2, 0.25) is 0 Å². The molecule has 1 aromatic carbocycles. The summed E-state index contributed by atoms with van der Waals surface area (Å²) in [4.78, 5) is 4.27. The standard InChI is InChI=1S/C14H15N5O/c1-10-8-13-17-18-14(19(13)9-16-10)11-2-4-12(5-3-11)15-6-7-20/h2-5,8-9,15,20H,6-7H2,1H3. The Kier molecular flexibility index (Phi) is 3.30. The number of aromatic nitrogens is 4. The van der Waals surface area contributed by atoms with Gasteiger partial charge in [0.15, 0.2) is 11.5 Å². The van der Waals surface area contributed by atoms with Crippen LogP contribution in [0.1, 0.15) is 5.69 Å². The van der Waals surface area contributed by atoms with Crippen molar-refractivity contribution in [3.63, 3.8) is 0 Å². The molecule has 3 aromatic rings. The van der Waals surface area contributed by atoms with Gasteiger partial charge in [0, 0.05) is 29.6 Å². The van der Waals surface area contributed by atoms with Gasteiger partial charge >= 0.3 is 0 Å². The van der Waals surface area contributed by atoms with Crippen molar-refractivity contribution in [3.05, 3.63) is 42.4 Å². The SMILES string of the molecule is Cc1cc2nnc(-c3ccc(NCCO)cc3)n2cn1. The van der Waals surface area contributed by atoms with Crippen LogP contribution in [0.25, 0.3) is 17.0 Å². The Morgan fingerprint density at radius 2 is 2.00 bits per heavy atom. The Hall–Kier alpha value is -2.47. The van der Waals surface area contributed by atoms with Crippen molar-refractivity contribution in [2.45, 2.75) is 6.92 Å². The zero-order chi connectivity index (χ0) is 13.9. The van der Waals surface area contributed by atoms with Crippen molar-refractivity contribution in [3.8, 4) is 11.4 Å². The fraction of sp³-hybridized carbons (Fsp3) is 0.214. The van der Waals surface area contributed by atoms with Crippen LogP contribution in [0.2, 0.25) is 0 Å². The number of aryl methyl sites for hydroxylation is 1. The molecule has 6 nitrogen and oxygen atoms in total. The minimum atomic E-state index is 0.113. The van der Waals surface area contributed by atoms with E-state index < -0.39 is 0 Å². The molecule has 0 amide bonds. The smallest absolute Gasteiger partial charge is 0.169 e. The second-order valence-corrected chi connectivity index (χ2v) is 4.51. The quantitative estimate of drug-likeness (QED) is 0.750. The van der Waals surface area contributed by atoms with E-state index in [9.17, 15) is 0 Å². The molecule has 0 saturated carbocycles. The van der Waals surface area contributed by atoms with E-state index in [0.29, 0.717) is 6.54 Å². The van der Waals surface area contributed by atoms with Crippen LogP contribution in [0.15, 0.2) is 36.7 Å². The molecule has 2 aromatic heterocycles. The van der Waals surface area contributed by atoms with Gasteiger partial charge in [-0.15, -0.1) is 10.2 Å². The second-order valence-electron chi connectivity index (χ2n) is 4.51. The Morgan fingerprint density at radius 1 is 1.20 bits per heavy atom. The van der Waals surface area contributed by atoms with E-state index in [1.54, 1.807) is 6.33 Å². The average Bonchev–Trinajstić information content (AvgIpc) is 2.88. The molecule has 0 unspecified atom stereocenters. The zero-order valence-corrected chi connectivity index (χ0v) is 11.1. The normalized spacial score (nSPS) is 10.9. The van der Waals surface area contributed by atoms with Crippen LogP contribution in [0.3, 0.4) is 0 Å². The lowest BCUT2D eigenvalue weighted by Gasteiger charge is -2.05. The van der Waals surface area contributed by atoms with E-state index in [4.69, 9.17) is 5.11 Å². The largest absolute Gasteiger partial charge is 0.395 e. The number of aliphatic hydroxyl groups excluding tert-OH is 1. The number of nitrogens with zero attached hydrogens (tertiary/aromatic N) is 4. The van der Waals surface area contributed by atoms with Crippen molar-refractivity contribution >= 4 is 11.3 Å². The maximum atomic E-state index is 8.78. The average molecular weight is 269 g/mol. The van der Waals surface area contributed by atoms with Gasteiger partial charge in [0.25, 0.3) is 0 Å². The van der Waals surface area contributed by atoms with Crippen LogP contribution < -0.4 is 5.32 Å². The molecule has 0 atom stereocenters. The maximum absolute atomic E-state index is 8.78. The third-order valence-corrected chi connectivity index (χ3v) is 3.02. The van der Waals surface area contributed by atoms with Gasteiger partial charge in [0.05, 0.1) is 6.61 Å². The highest BCUT2D eigenvalue weighted by atomic mass is 16.3. The van der Waals surface area contributed by atoms with E-state index in [-0.39, 0.29) is 6.61 Å². The first kappa shape index (κ1) is 12.6. The minimum absolute atomic E-state index is 0.113. The molecular weight excluding hydrogens is 254 g/mol. The minimum Gasteiger partial charge on any atom is -0.395 e. The highest BCUT2D eigenvalue weighted by Gasteiger charge is 2.08. The summed E-state index contributed by atoms with van der Waals surface area (Å²) in [5.74, 6) is 0.765. The monoisotopic (exact) mass is 269 g/mol. The van der Waals surface area contributed by atoms with Gasteiger partial charge in [-0.2, -0.15) is 0 Å². The lowest BCUT2D eigenvalue weighted by Crippen LogP contribution is -2.05. The molecule has 102 valence electrons. The predicted molar refractivity (Wildman–Crippen MR) is 76.5 cm³/mol. The molecule has 0 aliphatic carbocycles. The van der Waals surface area contributed by atoms with Gasteiger partial charge in [-0.3, -0.25) is 4.40 Å². The van der Waals surface area contributed by atoms with Crippen LogP contribution in [0.4, 0.5) is 5.69 Å². The van der Waals surface area contributed by atoms with Crippen LogP contribution in [0, 0.1) is 6.92 Å². The molecule has 3 rings (SSSR count). The first-order chi connectivity index (χ1) is 9.78. The molecule has 0 aliphatic rings. The van der Waals surface area contributed by atoms with Crippen molar-refractivity contribution in [1.82, 2.24) is 19.6 Å². The number of benzene rings is 1. The number of aliphatic hydroxyl groups is 1. The Bertz CT molecular complexity index is 720. The zero-order valence-electron chi connectivity index (χ0n) is 11.1. The van der Waals surface area contributed by atoms with Gasteiger partial charge in [-0.25, -0.2) is 4.98 Å². The molecular formula is C14H15N5O. The summed E-state index contributed by atoms with van der Waals surface area (Å²) in [6, 6.07) is 9.74. The molecule has 0 bridgehead atoms. The van der Waals surface area contributed by atoms with Crippen LogP contribution in [-0.4, -0.2) is 37.8 Å². The molecule has 0 radical (unpaired) electrons. The fourth-order valence-electron chi connectivity index (χ4n) is 2.02. The molecule has 0 spiro atoms. The molecule has 20 heavy (non-hydrogen) atoms. The number of hydrogen-bond donors (Lipinski definition) is 2. The van der Waals surface area contributed by atoms with Crippen LogP contribution in [0.5, 0.6) is 0 Å². The lowest BCUT2D eigenvalue weighted by atomic mass is 10.2. The molecule has 6 heteroatoms. The first-order valence-corrected chi connectivity index (χ1v) is 6.40. The lowest BCUT2D eigenvalue weighted by molar-refractivity contribution is 0.311. The van der Waals surface area contributed by atoms with E-state index in [1.807, 2.05) is 41.7 Å². The number of nitrogens with one attached hydrogen (secondary N) is 1. The van der Waals surface area contributed by atoms with Crippen molar-refractivity contribution < 1.29 is 5.11 Å². The van der Waals surface area contributed by atoms with E-state index in [2.05, 4.69) is 20.5 Å². The molecule has 2 heterocycles. The Labute approximate surface area is 116 Å². The van der Waals surface area contributed by atoms with Gasteiger partial charge in [0.1, 0.15) is 6.33 Å². The second kappa shape index (κ2) is 5.26. The summed E-state index contributed by atoms with van der Waals surface area (Å²) >= 11 is 0. The third-order valence-electron chi connectivity index (χ3n) is 3.02. The topological polar surface area (TPSA) is 75.3 Å². The molecule has 0 saturated heterocycles. The van der Waals surface area contributed by atoms with Gasteiger partial charge in [-0.1, -0.05) is 0 Å². The number of fused-ring (bicyclic) bond motifs is 1. The molecule has 0 aliphatic heterocycles. The van der Waals surface area contributed by atoms with Crippen molar-refractivity contribution in [1.29, 1.82) is 0 Å². The molecule has 0 fully saturated rings. The maximum Gasteiger partial charge on any atom is 0.169 e. The summed E-state index contributed by atoms with van der Waals surface area (Å²) in [5, 5.41) is 20.3. The first-order valence-electron chi connectivity index (χ1n) is 6.40. The van der Waals surface area contributed by atoms with Gasteiger partial charge in [-0.05, 0) is 31.2 Å². The Balaban J connectivity index is 1.94.